The number of thiophene rings is 1. The van der Waals surface area contributed by atoms with E-state index in [1.54, 1.807) is 28.6 Å². The van der Waals surface area contributed by atoms with Crippen molar-refractivity contribution in [2.24, 2.45) is 0 Å². The van der Waals surface area contributed by atoms with E-state index in [4.69, 9.17) is 0 Å². The van der Waals surface area contributed by atoms with Crippen molar-refractivity contribution in [1.29, 1.82) is 0 Å². The lowest BCUT2D eigenvalue weighted by atomic mass is 10.1. The molecular formula is C19H17N7OS. The number of pyridine rings is 1. The first-order chi connectivity index (χ1) is 13.7. The molecule has 1 atom stereocenters. The molecular weight excluding hydrogens is 374 g/mol. The predicted octanol–water partition coefficient (Wildman–Crippen LogP) is 3.01. The van der Waals surface area contributed by atoms with Crippen molar-refractivity contribution in [1.82, 2.24) is 34.8 Å². The Morgan fingerprint density at radius 1 is 1.25 bits per heavy atom. The maximum Gasteiger partial charge on any atom is 0.258 e. The normalized spacial score (nSPS) is 16.2. The fourth-order valence-corrected chi connectivity index (χ4v) is 4.32. The van der Waals surface area contributed by atoms with Gasteiger partial charge in [0, 0.05) is 12.7 Å². The lowest BCUT2D eigenvalue weighted by molar-refractivity contribution is 0.0683. The number of aromatic amines is 1. The van der Waals surface area contributed by atoms with Gasteiger partial charge in [0.25, 0.3) is 5.91 Å². The Kier molecular flexibility index (Phi) is 4.01. The first-order valence-corrected chi connectivity index (χ1v) is 9.82. The van der Waals surface area contributed by atoms with Gasteiger partial charge in [0.1, 0.15) is 5.69 Å². The van der Waals surface area contributed by atoms with E-state index in [-0.39, 0.29) is 11.9 Å². The third kappa shape index (κ3) is 2.71. The van der Waals surface area contributed by atoms with Crippen molar-refractivity contribution in [2.75, 3.05) is 6.54 Å². The standard InChI is InChI=1S/C19H17N7OS/c1-12-10-25(19(27)13-9-21-23-17(13)15-6-4-8-28-15)11-16-22-24-18(26(12)16)14-5-2-3-7-20-14/h2-9,12H,10-11H2,1H3,(H,21,23)/t12-/m0/s1. The Morgan fingerprint density at radius 2 is 2.18 bits per heavy atom. The molecule has 140 valence electrons. The van der Waals surface area contributed by atoms with Gasteiger partial charge >= 0.3 is 0 Å². The summed E-state index contributed by atoms with van der Waals surface area (Å²) in [6.07, 6.45) is 3.34. The second kappa shape index (κ2) is 6.68. The van der Waals surface area contributed by atoms with Gasteiger partial charge in [0.15, 0.2) is 11.6 Å². The molecule has 1 aliphatic rings. The highest BCUT2D eigenvalue weighted by atomic mass is 32.1. The highest BCUT2D eigenvalue weighted by Gasteiger charge is 2.31. The SMILES string of the molecule is C[C@H]1CN(C(=O)c2cn[nH]c2-c2cccs2)Cc2nnc(-c3ccccn3)n21. The van der Waals surface area contributed by atoms with Crippen LogP contribution >= 0.6 is 11.3 Å². The second-order valence-electron chi connectivity index (χ2n) is 6.70. The molecule has 1 amide bonds. The molecule has 0 aliphatic carbocycles. The Labute approximate surface area is 164 Å². The Morgan fingerprint density at radius 3 is 2.96 bits per heavy atom. The van der Waals surface area contributed by atoms with Crippen molar-refractivity contribution in [3.63, 3.8) is 0 Å². The summed E-state index contributed by atoms with van der Waals surface area (Å²) in [6.45, 7) is 3.03. The van der Waals surface area contributed by atoms with Crippen LogP contribution in [0.2, 0.25) is 0 Å². The summed E-state index contributed by atoms with van der Waals surface area (Å²) >= 11 is 1.57. The van der Waals surface area contributed by atoms with E-state index in [0.717, 1.165) is 27.9 Å². The van der Waals surface area contributed by atoms with E-state index in [2.05, 4.69) is 36.9 Å². The smallest absolute Gasteiger partial charge is 0.258 e. The van der Waals surface area contributed by atoms with Gasteiger partial charge in [-0.2, -0.15) is 5.10 Å². The zero-order valence-electron chi connectivity index (χ0n) is 15.1. The minimum atomic E-state index is -0.0577. The average Bonchev–Trinajstić information content (AvgIpc) is 3.47. The summed E-state index contributed by atoms with van der Waals surface area (Å²) in [5.41, 5.74) is 2.11. The number of H-pyrrole nitrogens is 1. The van der Waals surface area contributed by atoms with Crippen LogP contribution in [0.15, 0.2) is 48.1 Å². The van der Waals surface area contributed by atoms with Crippen LogP contribution in [0.4, 0.5) is 0 Å². The molecule has 4 aromatic heterocycles. The molecule has 4 aromatic rings. The maximum absolute atomic E-state index is 13.2. The number of carbonyl (C=O) groups is 1. The molecule has 5 rings (SSSR count). The number of aromatic nitrogens is 6. The van der Waals surface area contributed by atoms with Gasteiger partial charge in [0.2, 0.25) is 0 Å². The molecule has 28 heavy (non-hydrogen) atoms. The lowest BCUT2D eigenvalue weighted by Crippen LogP contribution is -2.40. The number of hydrogen-bond acceptors (Lipinski definition) is 6. The average molecular weight is 391 g/mol. The molecule has 0 fully saturated rings. The quantitative estimate of drug-likeness (QED) is 0.579. The maximum atomic E-state index is 13.2. The number of nitrogens with one attached hydrogen (secondary N) is 1. The largest absolute Gasteiger partial charge is 0.329 e. The van der Waals surface area contributed by atoms with E-state index >= 15 is 0 Å². The zero-order chi connectivity index (χ0) is 19.1. The zero-order valence-corrected chi connectivity index (χ0v) is 15.9. The van der Waals surface area contributed by atoms with Crippen molar-refractivity contribution in [3.8, 4) is 22.1 Å². The Hall–Kier alpha value is -3.33. The fourth-order valence-electron chi connectivity index (χ4n) is 3.58. The van der Waals surface area contributed by atoms with Crippen LogP contribution in [0.25, 0.3) is 22.1 Å². The molecule has 0 saturated heterocycles. The molecule has 0 bridgehead atoms. The number of hydrogen-bond donors (Lipinski definition) is 1. The van der Waals surface area contributed by atoms with E-state index in [1.165, 1.54) is 0 Å². The number of carbonyl (C=O) groups excluding carboxylic acids is 1. The van der Waals surface area contributed by atoms with Crippen LogP contribution in [0, 0.1) is 0 Å². The molecule has 0 radical (unpaired) electrons. The molecule has 0 unspecified atom stereocenters. The Bertz CT molecular complexity index is 1120. The first-order valence-electron chi connectivity index (χ1n) is 8.94. The van der Waals surface area contributed by atoms with E-state index in [0.29, 0.717) is 18.7 Å². The number of amides is 1. The van der Waals surface area contributed by atoms with E-state index in [1.807, 2.05) is 35.7 Å². The van der Waals surface area contributed by atoms with Gasteiger partial charge in [-0.1, -0.05) is 12.1 Å². The molecule has 9 heteroatoms. The van der Waals surface area contributed by atoms with E-state index in [9.17, 15) is 4.79 Å². The van der Waals surface area contributed by atoms with Crippen LogP contribution < -0.4 is 0 Å². The summed E-state index contributed by atoms with van der Waals surface area (Å²) in [5.74, 6) is 1.43. The van der Waals surface area contributed by atoms with Gasteiger partial charge < -0.3 is 9.47 Å². The van der Waals surface area contributed by atoms with Crippen LogP contribution in [0.3, 0.4) is 0 Å². The first kappa shape index (κ1) is 16.8. The van der Waals surface area contributed by atoms with Crippen molar-refractivity contribution >= 4 is 17.2 Å². The molecule has 1 N–H and O–H groups in total. The van der Waals surface area contributed by atoms with E-state index < -0.39 is 0 Å². The van der Waals surface area contributed by atoms with Gasteiger partial charge in [0.05, 0.1) is 34.9 Å². The number of fused-ring (bicyclic) bond motifs is 1. The topological polar surface area (TPSA) is 92.6 Å². The summed E-state index contributed by atoms with van der Waals surface area (Å²) in [7, 11) is 0. The van der Waals surface area contributed by atoms with Gasteiger partial charge in [-0.3, -0.25) is 14.9 Å². The highest BCUT2D eigenvalue weighted by Crippen LogP contribution is 2.30. The molecule has 5 heterocycles. The van der Waals surface area contributed by atoms with Gasteiger partial charge in [-0.05, 0) is 30.5 Å². The lowest BCUT2D eigenvalue weighted by Gasteiger charge is -2.32. The summed E-state index contributed by atoms with van der Waals surface area (Å²) in [6, 6.07) is 9.69. The third-order valence-electron chi connectivity index (χ3n) is 4.84. The molecule has 8 nitrogen and oxygen atoms in total. The van der Waals surface area contributed by atoms with Crippen molar-refractivity contribution in [2.45, 2.75) is 19.5 Å². The van der Waals surface area contributed by atoms with Crippen LogP contribution in [0.5, 0.6) is 0 Å². The monoisotopic (exact) mass is 391 g/mol. The summed E-state index contributed by atoms with van der Waals surface area (Å²) < 4.78 is 2.07. The summed E-state index contributed by atoms with van der Waals surface area (Å²) in [5, 5.41) is 17.7. The Balaban J connectivity index is 1.46. The summed E-state index contributed by atoms with van der Waals surface area (Å²) in [4.78, 5) is 20.4. The fraction of sp³-hybridized carbons (Fsp3) is 0.211. The molecule has 0 aromatic carbocycles. The van der Waals surface area contributed by atoms with Crippen molar-refractivity contribution in [3.05, 3.63) is 59.5 Å². The van der Waals surface area contributed by atoms with Crippen LogP contribution in [-0.4, -0.2) is 47.3 Å². The highest BCUT2D eigenvalue weighted by molar-refractivity contribution is 7.13. The van der Waals surface area contributed by atoms with Crippen LogP contribution in [-0.2, 0) is 6.54 Å². The molecule has 0 saturated carbocycles. The van der Waals surface area contributed by atoms with Gasteiger partial charge in [-0.15, -0.1) is 21.5 Å². The van der Waals surface area contributed by atoms with Crippen molar-refractivity contribution < 1.29 is 4.79 Å². The number of rotatable bonds is 3. The van der Waals surface area contributed by atoms with Crippen LogP contribution in [0.1, 0.15) is 29.1 Å². The minimum Gasteiger partial charge on any atom is -0.329 e. The van der Waals surface area contributed by atoms with Gasteiger partial charge in [-0.25, -0.2) is 0 Å². The third-order valence-corrected chi connectivity index (χ3v) is 5.73. The molecule has 0 spiro atoms. The predicted molar refractivity (Wildman–Crippen MR) is 105 cm³/mol. The number of nitrogens with zero attached hydrogens (tertiary/aromatic N) is 6. The second-order valence-corrected chi connectivity index (χ2v) is 7.64. The molecule has 1 aliphatic heterocycles. The minimum absolute atomic E-state index is 0.0387.